The Balaban J connectivity index is 1.98. The van der Waals surface area contributed by atoms with Crippen molar-refractivity contribution in [3.05, 3.63) is 22.4 Å². The van der Waals surface area contributed by atoms with Crippen LogP contribution in [0.3, 0.4) is 0 Å². The van der Waals surface area contributed by atoms with Gasteiger partial charge >= 0.3 is 12.0 Å². The Labute approximate surface area is 128 Å². The van der Waals surface area contributed by atoms with Crippen molar-refractivity contribution in [2.45, 2.75) is 51.2 Å². The summed E-state index contributed by atoms with van der Waals surface area (Å²) in [6.07, 6.45) is 3.20. The average Bonchev–Trinajstić information content (AvgIpc) is 2.94. The molecule has 1 aliphatic heterocycles. The van der Waals surface area contributed by atoms with Gasteiger partial charge in [-0.3, -0.25) is 5.43 Å². The number of nitrogens with one attached hydrogen (secondary N) is 2. The first-order chi connectivity index (χ1) is 9.99. The fourth-order valence-electron chi connectivity index (χ4n) is 2.63. The van der Waals surface area contributed by atoms with Gasteiger partial charge in [-0.2, -0.15) is 0 Å². The van der Waals surface area contributed by atoms with Crippen LogP contribution in [0.25, 0.3) is 0 Å². The number of piperidine rings is 1. The quantitative estimate of drug-likeness (QED) is 0.797. The normalized spacial score (nSPS) is 24.3. The molecule has 1 aromatic heterocycles. The number of hydrogen-bond acceptors (Lipinski definition) is 4. The molecule has 0 radical (unpaired) electrons. The lowest BCUT2D eigenvalue weighted by molar-refractivity contribution is -0.139. The molecule has 0 aliphatic carbocycles. The van der Waals surface area contributed by atoms with Crippen LogP contribution < -0.4 is 10.7 Å². The molecule has 7 heteroatoms. The van der Waals surface area contributed by atoms with Crippen molar-refractivity contribution < 1.29 is 14.7 Å². The van der Waals surface area contributed by atoms with E-state index in [2.05, 4.69) is 24.6 Å². The summed E-state index contributed by atoms with van der Waals surface area (Å²) in [5.41, 5.74) is 2.79. The van der Waals surface area contributed by atoms with Gasteiger partial charge in [0.1, 0.15) is 0 Å². The third-order valence-corrected chi connectivity index (χ3v) is 4.71. The molecule has 3 N–H and O–H groups in total. The van der Waals surface area contributed by atoms with Crippen molar-refractivity contribution in [1.29, 1.82) is 0 Å². The molecule has 0 saturated carbocycles. The van der Waals surface area contributed by atoms with E-state index in [0.29, 0.717) is 4.88 Å². The van der Waals surface area contributed by atoms with Crippen LogP contribution in [0.15, 0.2) is 17.5 Å². The summed E-state index contributed by atoms with van der Waals surface area (Å²) >= 11 is 1.31. The zero-order valence-corrected chi connectivity index (χ0v) is 13.0. The van der Waals surface area contributed by atoms with Crippen LogP contribution in [0.5, 0.6) is 0 Å². The van der Waals surface area contributed by atoms with Crippen LogP contribution in [0, 0.1) is 0 Å². The third-order valence-electron chi connectivity index (χ3n) is 3.77. The number of carboxylic acids is 1. The van der Waals surface area contributed by atoms with Gasteiger partial charge in [-0.05, 0) is 38.1 Å². The Morgan fingerprint density at radius 2 is 2.05 bits per heavy atom. The third kappa shape index (κ3) is 3.95. The molecule has 1 aliphatic rings. The molecular formula is C14H21N3O3S. The Morgan fingerprint density at radius 1 is 1.38 bits per heavy atom. The Morgan fingerprint density at radius 3 is 2.57 bits per heavy atom. The van der Waals surface area contributed by atoms with Gasteiger partial charge in [0.15, 0.2) is 6.04 Å². The van der Waals surface area contributed by atoms with Crippen LogP contribution in [0.2, 0.25) is 0 Å². The summed E-state index contributed by atoms with van der Waals surface area (Å²) in [5, 5.41) is 15.5. The van der Waals surface area contributed by atoms with Crippen molar-refractivity contribution in [2.75, 3.05) is 0 Å². The highest BCUT2D eigenvalue weighted by atomic mass is 32.1. The maximum Gasteiger partial charge on any atom is 0.331 e. The zero-order chi connectivity index (χ0) is 15.4. The highest BCUT2D eigenvalue weighted by molar-refractivity contribution is 7.10. The topological polar surface area (TPSA) is 81.7 Å². The second kappa shape index (κ2) is 6.91. The Bertz CT molecular complexity index is 482. The van der Waals surface area contributed by atoms with Crippen LogP contribution in [-0.4, -0.2) is 34.2 Å². The number of nitrogens with zero attached hydrogens (tertiary/aromatic N) is 1. The van der Waals surface area contributed by atoms with E-state index in [9.17, 15) is 14.7 Å². The second-order valence-electron chi connectivity index (χ2n) is 5.41. The molecule has 2 rings (SSSR count). The molecule has 1 fully saturated rings. The standard InChI is InChI=1S/C14H21N3O3S/c1-9-5-3-6-10(2)17(9)16-14(20)15-12(13(18)19)11-7-4-8-21-11/h4,7-10,12H,3,5-6H2,1-2H3,(H,18,19)(H2,15,16,20). The monoisotopic (exact) mass is 311 g/mol. The average molecular weight is 311 g/mol. The molecule has 6 nitrogen and oxygen atoms in total. The van der Waals surface area contributed by atoms with E-state index >= 15 is 0 Å². The maximum atomic E-state index is 12.1. The van der Waals surface area contributed by atoms with E-state index < -0.39 is 18.0 Å². The minimum absolute atomic E-state index is 0.254. The van der Waals surface area contributed by atoms with Gasteiger partial charge in [0.05, 0.1) is 0 Å². The first kappa shape index (κ1) is 15.8. The van der Waals surface area contributed by atoms with Crippen molar-refractivity contribution in [3.63, 3.8) is 0 Å². The summed E-state index contributed by atoms with van der Waals surface area (Å²) in [4.78, 5) is 24.0. The van der Waals surface area contributed by atoms with Crippen molar-refractivity contribution in [2.24, 2.45) is 0 Å². The molecule has 0 bridgehead atoms. The summed E-state index contributed by atoms with van der Waals surface area (Å²) in [6.45, 7) is 4.12. The summed E-state index contributed by atoms with van der Waals surface area (Å²) < 4.78 is 0. The number of carbonyl (C=O) groups is 2. The predicted molar refractivity (Wildman–Crippen MR) is 81.0 cm³/mol. The fourth-order valence-corrected chi connectivity index (χ4v) is 3.40. The van der Waals surface area contributed by atoms with Gasteiger partial charge in [-0.15, -0.1) is 11.3 Å². The van der Waals surface area contributed by atoms with Crippen molar-refractivity contribution >= 4 is 23.3 Å². The van der Waals surface area contributed by atoms with E-state index in [-0.39, 0.29) is 12.1 Å². The molecule has 1 aromatic rings. The van der Waals surface area contributed by atoms with E-state index in [1.807, 2.05) is 5.01 Å². The number of carboxylic acid groups (broad SMARTS) is 1. The number of rotatable bonds is 4. The molecule has 2 heterocycles. The largest absolute Gasteiger partial charge is 0.479 e. The number of thiophene rings is 1. The molecule has 1 saturated heterocycles. The summed E-state index contributed by atoms with van der Waals surface area (Å²) in [7, 11) is 0. The van der Waals surface area contributed by atoms with E-state index in [1.165, 1.54) is 11.3 Å². The van der Waals surface area contributed by atoms with Crippen LogP contribution in [-0.2, 0) is 4.79 Å². The van der Waals surface area contributed by atoms with Gasteiger partial charge in [-0.1, -0.05) is 12.5 Å². The maximum absolute atomic E-state index is 12.1. The predicted octanol–water partition coefficient (Wildman–Crippen LogP) is 2.35. The minimum atomic E-state index is -1.06. The van der Waals surface area contributed by atoms with E-state index in [0.717, 1.165) is 19.3 Å². The number of amides is 2. The van der Waals surface area contributed by atoms with Crippen LogP contribution >= 0.6 is 11.3 Å². The number of hydrazine groups is 1. The van der Waals surface area contributed by atoms with Gasteiger partial charge in [0, 0.05) is 17.0 Å². The molecule has 3 unspecified atom stereocenters. The lowest BCUT2D eigenvalue weighted by Crippen LogP contribution is -2.57. The van der Waals surface area contributed by atoms with Gasteiger partial charge < -0.3 is 10.4 Å². The number of hydrogen-bond donors (Lipinski definition) is 3. The van der Waals surface area contributed by atoms with E-state index in [1.54, 1.807) is 17.5 Å². The van der Waals surface area contributed by atoms with Crippen LogP contribution in [0.4, 0.5) is 4.79 Å². The van der Waals surface area contributed by atoms with Gasteiger partial charge in [0.2, 0.25) is 0 Å². The van der Waals surface area contributed by atoms with Crippen molar-refractivity contribution in [1.82, 2.24) is 15.8 Å². The SMILES string of the molecule is CC1CCCC(C)N1NC(=O)NC(C(=O)O)c1cccs1. The lowest BCUT2D eigenvalue weighted by atomic mass is 10.00. The first-order valence-corrected chi connectivity index (χ1v) is 7.98. The fraction of sp³-hybridized carbons (Fsp3) is 0.571. The smallest absolute Gasteiger partial charge is 0.331 e. The summed E-state index contributed by atoms with van der Waals surface area (Å²) in [6, 6.07) is 2.49. The molecule has 116 valence electrons. The van der Waals surface area contributed by atoms with Gasteiger partial charge in [-0.25, -0.2) is 14.6 Å². The molecule has 3 atom stereocenters. The highest BCUT2D eigenvalue weighted by Gasteiger charge is 2.28. The first-order valence-electron chi connectivity index (χ1n) is 7.10. The molecule has 2 amide bonds. The molecule has 21 heavy (non-hydrogen) atoms. The number of carbonyl (C=O) groups excluding carboxylic acids is 1. The van der Waals surface area contributed by atoms with E-state index in [4.69, 9.17) is 0 Å². The zero-order valence-electron chi connectivity index (χ0n) is 12.2. The van der Waals surface area contributed by atoms with Crippen LogP contribution in [0.1, 0.15) is 44.0 Å². The second-order valence-corrected chi connectivity index (χ2v) is 6.39. The van der Waals surface area contributed by atoms with Gasteiger partial charge in [0.25, 0.3) is 0 Å². The molecule has 0 spiro atoms. The number of aliphatic carboxylic acids is 1. The molecule has 0 aromatic carbocycles. The summed E-state index contributed by atoms with van der Waals surface area (Å²) in [5.74, 6) is -1.06. The minimum Gasteiger partial charge on any atom is -0.479 e. The Hall–Kier alpha value is -1.60. The Kier molecular flexibility index (Phi) is 5.19. The number of urea groups is 1. The van der Waals surface area contributed by atoms with Crippen molar-refractivity contribution in [3.8, 4) is 0 Å². The highest BCUT2D eigenvalue weighted by Crippen LogP contribution is 2.21. The molecular weight excluding hydrogens is 290 g/mol. The lowest BCUT2D eigenvalue weighted by Gasteiger charge is -2.38.